The number of fused-ring (bicyclic) bond motifs is 1. The van der Waals surface area contributed by atoms with Crippen molar-refractivity contribution in [3.8, 4) is 0 Å². The maximum atomic E-state index is 12.4. The van der Waals surface area contributed by atoms with Crippen LogP contribution in [-0.2, 0) is 4.79 Å². The highest BCUT2D eigenvalue weighted by atomic mass is 35.5. The Morgan fingerprint density at radius 3 is 2.74 bits per heavy atom. The van der Waals surface area contributed by atoms with Crippen molar-refractivity contribution in [3.05, 3.63) is 58.7 Å². The van der Waals surface area contributed by atoms with Crippen molar-refractivity contribution in [2.75, 3.05) is 4.90 Å². The summed E-state index contributed by atoms with van der Waals surface area (Å²) < 4.78 is 0. The summed E-state index contributed by atoms with van der Waals surface area (Å²) in [5, 5.41) is 0.507. The molecule has 0 spiro atoms. The van der Waals surface area contributed by atoms with Crippen molar-refractivity contribution in [2.24, 2.45) is 5.92 Å². The summed E-state index contributed by atoms with van der Waals surface area (Å²) in [5.41, 5.74) is 10.6. The van der Waals surface area contributed by atoms with E-state index in [1.54, 1.807) is 6.08 Å². The zero-order valence-electron chi connectivity index (χ0n) is 9.95. The normalized spacial score (nSPS) is 21.7. The van der Waals surface area contributed by atoms with Gasteiger partial charge in [0.2, 0.25) is 0 Å². The zero-order chi connectivity index (χ0) is 13.4. The second-order valence-electron chi connectivity index (χ2n) is 4.39. The highest BCUT2D eigenvalue weighted by molar-refractivity contribution is 6.48. The first-order valence-corrected chi connectivity index (χ1v) is 6.29. The molecule has 94 valence electrons. The molecule has 1 amide bonds. The van der Waals surface area contributed by atoms with E-state index in [1.807, 2.05) is 36.4 Å². The molecular weight excluding hydrogens is 262 g/mol. The first kappa shape index (κ1) is 11.9. The summed E-state index contributed by atoms with van der Waals surface area (Å²) in [5.74, 6) is -0.592. The van der Waals surface area contributed by atoms with Gasteiger partial charge in [-0.2, -0.15) is 4.79 Å². The number of para-hydroxylation sites is 1. The molecule has 0 radical (unpaired) electrons. The van der Waals surface area contributed by atoms with E-state index in [2.05, 4.69) is 4.79 Å². The van der Waals surface area contributed by atoms with Crippen LogP contribution in [0, 0.1) is 5.92 Å². The van der Waals surface area contributed by atoms with Crippen molar-refractivity contribution in [1.29, 1.82) is 0 Å². The van der Waals surface area contributed by atoms with E-state index >= 15 is 0 Å². The number of carbonyl (C=O) groups excluding carboxylic acids is 1. The van der Waals surface area contributed by atoms with Gasteiger partial charge in [0.1, 0.15) is 5.92 Å². The van der Waals surface area contributed by atoms with E-state index in [0.717, 1.165) is 5.69 Å². The van der Waals surface area contributed by atoms with Gasteiger partial charge in [0.25, 0.3) is 0 Å². The van der Waals surface area contributed by atoms with Crippen LogP contribution in [0.2, 0.25) is 0 Å². The molecule has 3 rings (SSSR count). The fourth-order valence-corrected chi connectivity index (χ4v) is 2.80. The van der Waals surface area contributed by atoms with Gasteiger partial charge in [0.15, 0.2) is 0 Å². The fraction of sp³-hybridized carbons (Fsp3) is 0.143. The van der Waals surface area contributed by atoms with Crippen LogP contribution in [0.5, 0.6) is 0 Å². The van der Waals surface area contributed by atoms with Crippen LogP contribution >= 0.6 is 11.6 Å². The number of anilines is 1. The predicted molar refractivity (Wildman–Crippen MR) is 72.7 cm³/mol. The second-order valence-corrected chi connectivity index (χ2v) is 4.79. The Balaban J connectivity index is 2.21. The summed E-state index contributed by atoms with van der Waals surface area (Å²) in [6.07, 6.45) is 4.26. The second kappa shape index (κ2) is 4.50. The predicted octanol–water partition coefficient (Wildman–Crippen LogP) is 2.73. The number of rotatable bonds is 1. The van der Waals surface area contributed by atoms with Crippen LogP contribution < -0.4 is 4.90 Å². The molecule has 1 aromatic rings. The van der Waals surface area contributed by atoms with E-state index in [1.165, 1.54) is 4.90 Å². The van der Waals surface area contributed by atoms with Crippen LogP contribution in [0.3, 0.4) is 0 Å². The van der Waals surface area contributed by atoms with E-state index in [9.17, 15) is 4.79 Å². The molecule has 0 bridgehead atoms. The number of hydrogen-bond donors (Lipinski definition) is 0. The highest BCUT2D eigenvalue weighted by Crippen LogP contribution is 2.39. The van der Waals surface area contributed by atoms with E-state index in [4.69, 9.17) is 17.1 Å². The molecule has 2 aliphatic rings. The van der Waals surface area contributed by atoms with Gasteiger partial charge in [-0.3, -0.25) is 9.69 Å². The molecule has 1 saturated heterocycles. The molecule has 1 unspecified atom stereocenters. The number of allylic oxidation sites excluding steroid dienone is 4. The molecule has 1 heterocycles. The maximum Gasteiger partial charge on any atom is 0.366 e. The fourth-order valence-electron chi connectivity index (χ4n) is 2.49. The third kappa shape index (κ3) is 1.73. The number of amides is 1. The molecule has 1 aliphatic carbocycles. The molecule has 1 aliphatic heterocycles. The van der Waals surface area contributed by atoms with E-state index < -0.39 is 0 Å². The third-order valence-electron chi connectivity index (χ3n) is 3.33. The summed E-state index contributed by atoms with van der Waals surface area (Å²) in [7, 11) is 0. The lowest BCUT2D eigenvalue weighted by Crippen LogP contribution is -2.26. The number of nitrogens with zero attached hydrogens (tertiary/aromatic N) is 3. The van der Waals surface area contributed by atoms with Crippen molar-refractivity contribution in [2.45, 2.75) is 6.42 Å². The number of hydrogen-bond acceptors (Lipinski definition) is 1. The number of benzene rings is 1. The highest BCUT2D eigenvalue weighted by Gasteiger charge is 2.49. The quantitative estimate of drug-likeness (QED) is 0.572. The van der Waals surface area contributed by atoms with Gasteiger partial charge >= 0.3 is 11.6 Å². The molecule has 1 atom stereocenters. The van der Waals surface area contributed by atoms with Crippen LogP contribution in [0.1, 0.15) is 6.42 Å². The van der Waals surface area contributed by atoms with Gasteiger partial charge in [-0.05, 0) is 24.6 Å². The Morgan fingerprint density at radius 2 is 2.05 bits per heavy atom. The minimum absolute atomic E-state index is 0.140. The summed E-state index contributed by atoms with van der Waals surface area (Å²) in [4.78, 5) is 17.0. The summed E-state index contributed by atoms with van der Waals surface area (Å²) in [6, 6.07) is 9.21. The third-order valence-corrected chi connectivity index (χ3v) is 3.65. The smallest absolute Gasteiger partial charge is 0.361 e. The summed E-state index contributed by atoms with van der Waals surface area (Å²) in [6.45, 7) is 0. The Kier molecular flexibility index (Phi) is 2.82. The molecule has 0 aromatic heterocycles. The molecule has 1 aromatic carbocycles. The largest absolute Gasteiger partial charge is 0.366 e. The molecule has 0 saturated carbocycles. The van der Waals surface area contributed by atoms with Gasteiger partial charge in [-0.1, -0.05) is 35.9 Å². The maximum absolute atomic E-state index is 12.4. The Morgan fingerprint density at radius 1 is 1.32 bits per heavy atom. The van der Waals surface area contributed by atoms with Crippen molar-refractivity contribution < 1.29 is 9.58 Å². The lowest BCUT2D eigenvalue weighted by Gasteiger charge is -2.21. The zero-order valence-corrected chi connectivity index (χ0v) is 10.7. The van der Waals surface area contributed by atoms with Crippen molar-refractivity contribution in [3.63, 3.8) is 0 Å². The average molecular weight is 272 g/mol. The summed E-state index contributed by atoms with van der Waals surface area (Å²) >= 11 is 6.21. The topological polar surface area (TPSA) is 56.7 Å². The van der Waals surface area contributed by atoms with E-state index in [-0.39, 0.29) is 17.5 Å². The van der Waals surface area contributed by atoms with Gasteiger partial charge in [-0.15, -0.1) is 0 Å². The first-order valence-electron chi connectivity index (χ1n) is 5.91. The molecule has 0 N–H and O–H groups in total. The first-order chi connectivity index (χ1) is 9.24. The van der Waals surface area contributed by atoms with Gasteiger partial charge in [-0.25, -0.2) is 0 Å². The lowest BCUT2D eigenvalue weighted by molar-refractivity contribution is -0.115. The number of halogens is 1. The Hall–Kier alpha value is -2.16. The van der Waals surface area contributed by atoms with Gasteiger partial charge in [0, 0.05) is 5.69 Å². The van der Waals surface area contributed by atoms with Gasteiger partial charge < -0.3 is 5.53 Å². The monoisotopic (exact) mass is 271 g/mol. The molecule has 1 fully saturated rings. The Bertz CT molecular complexity index is 657. The van der Waals surface area contributed by atoms with Crippen LogP contribution in [0.25, 0.3) is 5.53 Å². The molecule has 4 nitrogen and oxygen atoms in total. The lowest BCUT2D eigenvalue weighted by atomic mass is 9.95. The minimum Gasteiger partial charge on any atom is -0.361 e. The average Bonchev–Trinajstić information content (AvgIpc) is 2.73. The van der Waals surface area contributed by atoms with Crippen LogP contribution in [-0.4, -0.2) is 16.4 Å². The SMILES string of the molecule is [N-]=[N+]=C1C(=O)N(c2ccccc2)C2=C(Cl)C=CCC12. The standard InChI is InChI=1S/C14H10ClN3O/c15-11-8-4-7-10-12(17-16)14(19)18(13(10)11)9-5-2-1-3-6-9/h1-6,8,10H,7H2. The van der Waals surface area contributed by atoms with Crippen LogP contribution in [0.4, 0.5) is 5.69 Å². The molecule has 5 heteroatoms. The Labute approximate surface area is 115 Å². The van der Waals surface area contributed by atoms with Crippen molar-refractivity contribution in [1.82, 2.24) is 0 Å². The molecule has 19 heavy (non-hydrogen) atoms. The van der Waals surface area contributed by atoms with Crippen molar-refractivity contribution >= 4 is 28.9 Å². The van der Waals surface area contributed by atoms with Gasteiger partial charge in [0.05, 0.1) is 10.7 Å². The number of carbonyl (C=O) groups is 1. The molecular formula is C14H10ClN3O. The minimum atomic E-state index is -0.324. The van der Waals surface area contributed by atoms with Crippen LogP contribution in [0.15, 0.2) is 53.2 Å². The van der Waals surface area contributed by atoms with E-state index in [0.29, 0.717) is 17.2 Å².